The molecule has 0 heterocycles. The zero-order valence-electron chi connectivity index (χ0n) is 10.9. The van der Waals surface area contributed by atoms with Gasteiger partial charge in [0.1, 0.15) is 0 Å². The summed E-state index contributed by atoms with van der Waals surface area (Å²) < 4.78 is 4.99. The van der Waals surface area contributed by atoms with E-state index in [4.69, 9.17) is 4.74 Å². The van der Waals surface area contributed by atoms with Crippen molar-refractivity contribution in [1.82, 2.24) is 5.32 Å². The zero-order chi connectivity index (χ0) is 13.4. The lowest BCUT2D eigenvalue weighted by Gasteiger charge is -2.24. The quantitative estimate of drug-likeness (QED) is 0.462. The van der Waals surface area contributed by atoms with Crippen LogP contribution in [0.25, 0.3) is 0 Å². The molecule has 1 amide bonds. The van der Waals surface area contributed by atoms with Gasteiger partial charge < -0.3 is 10.1 Å². The second-order valence-corrected chi connectivity index (χ2v) is 4.43. The van der Waals surface area contributed by atoms with E-state index in [1.165, 1.54) is 6.42 Å². The van der Waals surface area contributed by atoms with Crippen molar-refractivity contribution in [1.29, 1.82) is 0 Å². The minimum absolute atomic E-state index is 0.210. The maximum atomic E-state index is 12.0. The molecule has 0 bridgehead atoms. The van der Waals surface area contributed by atoms with Gasteiger partial charge in [0.2, 0.25) is 0 Å². The SMILES string of the molecule is C=CC(=O)OC(/C=C/C)C(=O)NC1CCCCC1. The maximum absolute atomic E-state index is 12.0. The Morgan fingerprint density at radius 3 is 2.56 bits per heavy atom. The van der Waals surface area contributed by atoms with Crippen LogP contribution in [0.1, 0.15) is 39.0 Å². The van der Waals surface area contributed by atoms with E-state index in [0.29, 0.717) is 0 Å². The average molecular weight is 251 g/mol. The van der Waals surface area contributed by atoms with Gasteiger partial charge in [0.15, 0.2) is 6.10 Å². The topological polar surface area (TPSA) is 55.4 Å². The number of hydrogen-bond donors (Lipinski definition) is 1. The lowest BCUT2D eigenvalue weighted by Crippen LogP contribution is -2.43. The fourth-order valence-corrected chi connectivity index (χ4v) is 2.06. The minimum atomic E-state index is -0.859. The first-order valence-electron chi connectivity index (χ1n) is 6.43. The minimum Gasteiger partial charge on any atom is -0.445 e. The third kappa shape index (κ3) is 4.73. The Bertz CT molecular complexity index is 330. The molecule has 0 spiro atoms. The molecule has 1 aliphatic rings. The van der Waals surface area contributed by atoms with Gasteiger partial charge in [-0.2, -0.15) is 0 Å². The number of ether oxygens (including phenoxy) is 1. The highest BCUT2D eigenvalue weighted by atomic mass is 16.5. The predicted molar refractivity (Wildman–Crippen MR) is 69.9 cm³/mol. The van der Waals surface area contributed by atoms with Crippen LogP contribution in [-0.4, -0.2) is 24.0 Å². The lowest BCUT2D eigenvalue weighted by atomic mass is 9.95. The lowest BCUT2D eigenvalue weighted by molar-refractivity contribution is -0.148. The second kappa shape index (κ2) is 7.69. The Morgan fingerprint density at radius 2 is 2.00 bits per heavy atom. The van der Waals surface area contributed by atoms with Crippen LogP contribution in [0, 0.1) is 0 Å². The van der Waals surface area contributed by atoms with Crippen LogP contribution in [0.4, 0.5) is 0 Å². The summed E-state index contributed by atoms with van der Waals surface area (Å²) in [6, 6.07) is 0.210. The second-order valence-electron chi connectivity index (χ2n) is 4.43. The van der Waals surface area contributed by atoms with E-state index in [-0.39, 0.29) is 11.9 Å². The van der Waals surface area contributed by atoms with Crippen molar-refractivity contribution in [3.8, 4) is 0 Å². The van der Waals surface area contributed by atoms with Gasteiger partial charge in [-0.1, -0.05) is 31.9 Å². The highest BCUT2D eigenvalue weighted by Gasteiger charge is 2.22. The van der Waals surface area contributed by atoms with Gasteiger partial charge in [-0.3, -0.25) is 4.79 Å². The number of amides is 1. The molecule has 1 aliphatic carbocycles. The van der Waals surface area contributed by atoms with Crippen LogP contribution in [0.3, 0.4) is 0 Å². The zero-order valence-corrected chi connectivity index (χ0v) is 10.9. The first kappa shape index (κ1) is 14.5. The first-order chi connectivity index (χ1) is 8.67. The number of allylic oxidation sites excluding steroid dienone is 1. The summed E-state index contributed by atoms with van der Waals surface area (Å²) >= 11 is 0. The van der Waals surface area contributed by atoms with Crippen LogP contribution in [0.15, 0.2) is 24.8 Å². The molecule has 1 saturated carbocycles. The number of hydrogen-bond acceptors (Lipinski definition) is 3. The molecule has 4 nitrogen and oxygen atoms in total. The third-order valence-electron chi connectivity index (χ3n) is 2.99. The molecule has 0 aromatic carbocycles. The Balaban J connectivity index is 2.52. The highest BCUT2D eigenvalue weighted by molar-refractivity contribution is 5.88. The summed E-state index contributed by atoms with van der Waals surface area (Å²) in [7, 11) is 0. The fraction of sp³-hybridized carbons (Fsp3) is 0.571. The summed E-state index contributed by atoms with van der Waals surface area (Å²) in [5.74, 6) is -0.841. The molecule has 0 saturated heterocycles. The molecule has 4 heteroatoms. The van der Waals surface area contributed by atoms with E-state index >= 15 is 0 Å². The fourth-order valence-electron chi connectivity index (χ4n) is 2.06. The number of esters is 1. The molecule has 0 aliphatic heterocycles. The van der Waals surface area contributed by atoms with Crippen molar-refractivity contribution in [3.63, 3.8) is 0 Å². The number of carbonyl (C=O) groups is 2. The summed E-state index contributed by atoms with van der Waals surface area (Å²) in [4.78, 5) is 23.1. The van der Waals surface area contributed by atoms with Crippen molar-refractivity contribution in [2.45, 2.75) is 51.2 Å². The van der Waals surface area contributed by atoms with Crippen LogP contribution in [0.5, 0.6) is 0 Å². The van der Waals surface area contributed by atoms with Gasteiger partial charge >= 0.3 is 5.97 Å². The third-order valence-corrected chi connectivity index (χ3v) is 2.99. The van der Waals surface area contributed by atoms with E-state index in [1.54, 1.807) is 19.1 Å². The van der Waals surface area contributed by atoms with Gasteiger partial charge in [0, 0.05) is 12.1 Å². The molecule has 18 heavy (non-hydrogen) atoms. The molecule has 1 unspecified atom stereocenters. The summed E-state index contributed by atoms with van der Waals surface area (Å²) in [5, 5.41) is 2.93. The molecule has 0 aromatic rings. The molecule has 100 valence electrons. The smallest absolute Gasteiger partial charge is 0.331 e. The van der Waals surface area contributed by atoms with Gasteiger partial charge in [-0.25, -0.2) is 4.79 Å². The molecule has 1 fully saturated rings. The summed E-state index contributed by atoms with van der Waals surface area (Å²) in [6.45, 7) is 5.10. The van der Waals surface area contributed by atoms with E-state index in [2.05, 4.69) is 11.9 Å². The van der Waals surface area contributed by atoms with Crippen LogP contribution in [0.2, 0.25) is 0 Å². The molecule has 1 atom stereocenters. The van der Waals surface area contributed by atoms with Crippen molar-refractivity contribution in [2.24, 2.45) is 0 Å². The Labute approximate surface area is 108 Å². The molecular weight excluding hydrogens is 230 g/mol. The molecule has 0 aromatic heterocycles. The number of carbonyl (C=O) groups excluding carboxylic acids is 2. The van der Waals surface area contributed by atoms with Crippen LogP contribution < -0.4 is 5.32 Å². The average Bonchev–Trinajstić information content (AvgIpc) is 2.39. The Morgan fingerprint density at radius 1 is 1.33 bits per heavy atom. The van der Waals surface area contributed by atoms with E-state index in [9.17, 15) is 9.59 Å². The van der Waals surface area contributed by atoms with E-state index < -0.39 is 12.1 Å². The van der Waals surface area contributed by atoms with Gasteiger partial charge in [-0.05, 0) is 25.8 Å². The molecule has 0 radical (unpaired) electrons. The number of rotatable bonds is 5. The van der Waals surface area contributed by atoms with Crippen molar-refractivity contribution >= 4 is 11.9 Å². The van der Waals surface area contributed by atoms with Crippen LogP contribution >= 0.6 is 0 Å². The van der Waals surface area contributed by atoms with Gasteiger partial charge in [0.05, 0.1) is 0 Å². The van der Waals surface area contributed by atoms with Crippen molar-refractivity contribution in [3.05, 3.63) is 24.8 Å². The Kier molecular flexibility index (Phi) is 6.19. The maximum Gasteiger partial charge on any atom is 0.331 e. The Hall–Kier alpha value is -1.58. The first-order valence-corrected chi connectivity index (χ1v) is 6.43. The highest BCUT2D eigenvalue weighted by Crippen LogP contribution is 2.17. The molecule has 1 rings (SSSR count). The predicted octanol–water partition coefficient (Wildman–Crippen LogP) is 2.11. The molecule has 1 N–H and O–H groups in total. The van der Waals surface area contributed by atoms with E-state index in [1.807, 2.05) is 0 Å². The van der Waals surface area contributed by atoms with E-state index in [0.717, 1.165) is 31.8 Å². The standard InChI is InChI=1S/C14H21NO3/c1-3-8-12(18-13(16)4-2)14(17)15-11-9-6-5-7-10-11/h3-4,8,11-12H,2,5-7,9-10H2,1H3,(H,15,17)/b8-3+. The van der Waals surface area contributed by atoms with Gasteiger partial charge in [0.25, 0.3) is 5.91 Å². The van der Waals surface area contributed by atoms with Crippen molar-refractivity contribution < 1.29 is 14.3 Å². The summed E-state index contributed by atoms with van der Waals surface area (Å²) in [6.07, 6.45) is 8.99. The van der Waals surface area contributed by atoms with Crippen molar-refractivity contribution in [2.75, 3.05) is 0 Å². The molecular formula is C14H21NO3. The van der Waals surface area contributed by atoms with Crippen LogP contribution in [-0.2, 0) is 14.3 Å². The summed E-state index contributed by atoms with van der Waals surface area (Å²) in [5.41, 5.74) is 0. The largest absolute Gasteiger partial charge is 0.445 e. The number of nitrogens with one attached hydrogen (secondary N) is 1. The van der Waals surface area contributed by atoms with Gasteiger partial charge in [-0.15, -0.1) is 0 Å². The monoisotopic (exact) mass is 251 g/mol. The normalized spacial score (nSPS) is 18.3.